The molecule has 0 bridgehead atoms. The van der Waals surface area contributed by atoms with Crippen molar-refractivity contribution in [1.82, 2.24) is 14.7 Å². The molecular formula is C10H17N3O5S. The number of aliphatic hydroxyl groups is 1. The molecule has 1 heterocycles. The predicted molar refractivity (Wildman–Crippen MR) is 68.4 cm³/mol. The van der Waals surface area contributed by atoms with Crippen molar-refractivity contribution in [3.8, 4) is 0 Å². The maximum Gasteiger partial charge on any atom is 0.325 e. The van der Waals surface area contributed by atoms with Crippen molar-refractivity contribution in [3.05, 3.63) is 27.0 Å². The molecule has 108 valence electrons. The zero-order valence-corrected chi connectivity index (χ0v) is 11.5. The van der Waals surface area contributed by atoms with Gasteiger partial charge in [-0.15, -0.1) is 0 Å². The van der Waals surface area contributed by atoms with Crippen molar-refractivity contribution in [1.29, 1.82) is 0 Å². The molecule has 0 saturated carbocycles. The molecule has 9 heteroatoms. The third kappa shape index (κ3) is 3.31. The van der Waals surface area contributed by atoms with Gasteiger partial charge in [-0.25, -0.2) is 17.9 Å². The molecular weight excluding hydrogens is 274 g/mol. The van der Waals surface area contributed by atoms with E-state index in [1.165, 1.54) is 0 Å². The first kappa shape index (κ1) is 15.6. The van der Waals surface area contributed by atoms with Crippen LogP contribution in [0.4, 0.5) is 0 Å². The molecule has 0 spiro atoms. The Hall–Kier alpha value is -1.45. The van der Waals surface area contributed by atoms with Crippen molar-refractivity contribution >= 4 is 10.0 Å². The Morgan fingerprint density at radius 2 is 1.89 bits per heavy atom. The van der Waals surface area contributed by atoms with Crippen LogP contribution in [0.25, 0.3) is 0 Å². The number of hydrogen-bond acceptors (Lipinski definition) is 5. The van der Waals surface area contributed by atoms with E-state index in [0.29, 0.717) is 12.8 Å². The third-order valence-corrected chi connectivity index (χ3v) is 4.67. The summed E-state index contributed by atoms with van der Waals surface area (Å²) in [5.41, 5.74) is -2.82. The molecule has 0 amide bonds. The minimum Gasteiger partial charge on any atom is -0.394 e. The van der Waals surface area contributed by atoms with E-state index < -0.39 is 31.7 Å². The van der Waals surface area contributed by atoms with Crippen LogP contribution in [-0.2, 0) is 10.0 Å². The SMILES string of the molecule is CCC(CC)(CO)NS(=O)(=O)c1c[nH]c(=O)[nH]c1=O. The Labute approximate surface area is 109 Å². The van der Waals surface area contributed by atoms with Gasteiger partial charge in [0.05, 0.1) is 12.1 Å². The van der Waals surface area contributed by atoms with Crippen LogP contribution in [0.1, 0.15) is 26.7 Å². The number of aliphatic hydroxyl groups excluding tert-OH is 1. The van der Waals surface area contributed by atoms with E-state index >= 15 is 0 Å². The van der Waals surface area contributed by atoms with Crippen LogP contribution in [0.3, 0.4) is 0 Å². The second-order valence-electron chi connectivity index (χ2n) is 4.19. The fourth-order valence-electron chi connectivity index (χ4n) is 1.59. The summed E-state index contributed by atoms with van der Waals surface area (Å²) < 4.78 is 26.5. The lowest BCUT2D eigenvalue weighted by molar-refractivity contribution is 0.172. The van der Waals surface area contributed by atoms with Crippen LogP contribution in [-0.4, -0.2) is 35.6 Å². The first-order chi connectivity index (χ1) is 8.80. The highest BCUT2D eigenvalue weighted by atomic mass is 32.2. The highest BCUT2D eigenvalue weighted by Crippen LogP contribution is 2.17. The lowest BCUT2D eigenvalue weighted by Gasteiger charge is -2.29. The number of H-pyrrole nitrogens is 2. The Bertz CT molecular complexity index is 633. The summed E-state index contributed by atoms with van der Waals surface area (Å²) in [7, 11) is -4.13. The van der Waals surface area contributed by atoms with Crippen LogP contribution in [0.5, 0.6) is 0 Å². The fourth-order valence-corrected chi connectivity index (χ4v) is 3.13. The molecule has 0 aromatic carbocycles. The number of hydrogen-bond donors (Lipinski definition) is 4. The number of nitrogens with one attached hydrogen (secondary N) is 3. The average molecular weight is 291 g/mol. The molecule has 0 saturated heterocycles. The van der Waals surface area contributed by atoms with E-state index in [0.717, 1.165) is 6.20 Å². The van der Waals surface area contributed by atoms with Crippen LogP contribution < -0.4 is 16.0 Å². The molecule has 0 aliphatic rings. The molecule has 1 rings (SSSR count). The van der Waals surface area contributed by atoms with E-state index in [-0.39, 0.29) is 6.61 Å². The fraction of sp³-hybridized carbons (Fsp3) is 0.600. The highest BCUT2D eigenvalue weighted by Gasteiger charge is 2.32. The van der Waals surface area contributed by atoms with E-state index in [1.54, 1.807) is 13.8 Å². The Kier molecular flexibility index (Phi) is 4.66. The molecule has 0 atom stereocenters. The normalized spacial score (nSPS) is 12.6. The summed E-state index contributed by atoms with van der Waals surface area (Å²) in [6.07, 6.45) is 1.55. The van der Waals surface area contributed by atoms with Gasteiger partial charge in [0.1, 0.15) is 0 Å². The second kappa shape index (κ2) is 5.68. The Morgan fingerprint density at radius 3 is 2.32 bits per heavy atom. The maximum absolute atomic E-state index is 12.1. The van der Waals surface area contributed by atoms with Gasteiger partial charge in [0.25, 0.3) is 5.56 Å². The van der Waals surface area contributed by atoms with Gasteiger partial charge in [0.2, 0.25) is 10.0 Å². The Morgan fingerprint density at radius 1 is 1.32 bits per heavy atom. The molecule has 19 heavy (non-hydrogen) atoms. The van der Waals surface area contributed by atoms with Gasteiger partial charge in [-0.1, -0.05) is 13.8 Å². The van der Waals surface area contributed by atoms with Crippen LogP contribution in [0.15, 0.2) is 20.7 Å². The van der Waals surface area contributed by atoms with Crippen LogP contribution >= 0.6 is 0 Å². The lowest BCUT2D eigenvalue weighted by Crippen LogP contribution is -2.51. The van der Waals surface area contributed by atoms with Crippen LogP contribution in [0, 0.1) is 0 Å². The van der Waals surface area contributed by atoms with Gasteiger partial charge in [0, 0.05) is 6.20 Å². The number of aromatic nitrogens is 2. The van der Waals surface area contributed by atoms with Crippen molar-refractivity contribution < 1.29 is 13.5 Å². The molecule has 0 aliphatic carbocycles. The largest absolute Gasteiger partial charge is 0.394 e. The molecule has 1 aromatic rings. The molecule has 4 N–H and O–H groups in total. The molecule has 1 aromatic heterocycles. The van der Waals surface area contributed by atoms with Gasteiger partial charge in [-0.3, -0.25) is 9.78 Å². The molecule has 8 nitrogen and oxygen atoms in total. The van der Waals surface area contributed by atoms with E-state index in [1.807, 2.05) is 4.98 Å². The topological polar surface area (TPSA) is 132 Å². The van der Waals surface area contributed by atoms with Crippen molar-refractivity contribution in [2.45, 2.75) is 37.1 Å². The number of aromatic amines is 2. The van der Waals surface area contributed by atoms with Crippen LogP contribution in [0.2, 0.25) is 0 Å². The molecule has 0 unspecified atom stereocenters. The average Bonchev–Trinajstić information content (AvgIpc) is 2.35. The van der Waals surface area contributed by atoms with Crippen molar-refractivity contribution in [3.63, 3.8) is 0 Å². The number of sulfonamides is 1. The summed E-state index contributed by atoms with van der Waals surface area (Å²) in [5, 5.41) is 9.33. The van der Waals surface area contributed by atoms with Gasteiger partial charge in [0.15, 0.2) is 4.90 Å². The standard InChI is InChI=1S/C10H17N3O5S/c1-3-10(4-2,6-14)13-19(17,18)7-5-11-9(16)12-8(7)15/h5,13-14H,3-4,6H2,1-2H3,(H2,11,12,15,16). The minimum absolute atomic E-state index is 0.362. The number of rotatable bonds is 6. The summed E-state index contributed by atoms with van der Waals surface area (Å²) in [5.74, 6) is 0. The highest BCUT2D eigenvalue weighted by molar-refractivity contribution is 7.89. The molecule has 0 aliphatic heterocycles. The summed E-state index contributed by atoms with van der Waals surface area (Å²) in [4.78, 5) is 25.7. The molecule has 0 fully saturated rings. The van der Waals surface area contributed by atoms with E-state index in [2.05, 4.69) is 9.71 Å². The summed E-state index contributed by atoms with van der Waals surface area (Å²) in [6.45, 7) is 3.05. The Balaban J connectivity index is 3.25. The van der Waals surface area contributed by atoms with Crippen molar-refractivity contribution in [2.24, 2.45) is 0 Å². The quantitative estimate of drug-likeness (QED) is 0.528. The monoisotopic (exact) mass is 291 g/mol. The van der Waals surface area contributed by atoms with Crippen molar-refractivity contribution in [2.75, 3.05) is 6.61 Å². The minimum atomic E-state index is -4.13. The molecule has 0 radical (unpaired) electrons. The van der Waals surface area contributed by atoms with Gasteiger partial charge < -0.3 is 10.1 Å². The van der Waals surface area contributed by atoms with Gasteiger partial charge in [-0.2, -0.15) is 0 Å². The first-order valence-corrected chi connectivity index (χ1v) is 7.25. The zero-order valence-electron chi connectivity index (χ0n) is 10.7. The first-order valence-electron chi connectivity index (χ1n) is 5.77. The van der Waals surface area contributed by atoms with E-state index in [4.69, 9.17) is 0 Å². The lowest BCUT2D eigenvalue weighted by atomic mass is 9.96. The maximum atomic E-state index is 12.1. The van der Waals surface area contributed by atoms with Gasteiger partial charge in [-0.05, 0) is 12.8 Å². The summed E-state index contributed by atoms with van der Waals surface area (Å²) >= 11 is 0. The summed E-state index contributed by atoms with van der Waals surface area (Å²) in [6, 6.07) is 0. The zero-order chi connectivity index (χ0) is 14.7. The smallest absolute Gasteiger partial charge is 0.325 e. The third-order valence-electron chi connectivity index (χ3n) is 3.08. The van der Waals surface area contributed by atoms with Gasteiger partial charge >= 0.3 is 5.69 Å². The predicted octanol–water partition coefficient (Wildman–Crippen LogP) is -1.11. The van der Waals surface area contributed by atoms with E-state index in [9.17, 15) is 23.1 Å². The second-order valence-corrected chi connectivity index (χ2v) is 5.84.